The molecule has 2 saturated heterocycles. The van der Waals surface area contributed by atoms with Crippen LogP contribution in [0.2, 0.25) is 0 Å². The molecule has 0 bridgehead atoms. The highest BCUT2D eigenvalue weighted by atomic mass is 32.2. The molecule has 2 aliphatic rings. The number of aliphatic carboxylic acids is 1. The lowest BCUT2D eigenvalue weighted by molar-refractivity contribution is -0.149. The summed E-state index contributed by atoms with van der Waals surface area (Å²) in [5.41, 5.74) is 0. The number of carboxylic acids is 1. The third-order valence-electron chi connectivity index (χ3n) is 4.40. The molecule has 0 aliphatic carbocycles. The molecule has 1 aromatic rings. The second kappa shape index (κ2) is 7.40. The van der Waals surface area contributed by atoms with Crippen LogP contribution in [0.3, 0.4) is 0 Å². The average Bonchev–Trinajstić information content (AvgIpc) is 3.25. The molecule has 0 spiro atoms. The van der Waals surface area contributed by atoms with Gasteiger partial charge in [-0.1, -0.05) is 6.07 Å². The Morgan fingerprint density at radius 3 is 2.84 bits per heavy atom. The third-order valence-corrected chi connectivity index (χ3v) is 7.68. The number of hydrogen-bond donors (Lipinski definition) is 1. The summed E-state index contributed by atoms with van der Waals surface area (Å²) in [6.07, 6.45) is 0.374. The number of sulfonamides is 1. The molecular formula is C15H20N2O6S2. The Morgan fingerprint density at radius 1 is 1.36 bits per heavy atom. The molecule has 2 fully saturated rings. The van der Waals surface area contributed by atoms with Crippen LogP contribution in [0.15, 0.2) is 21.7 Å². The first-order valence-electron chi connectivity index (χ1n) is 8.07. The van der Waals surface area contributed by atoms with Crippen LogP contribution in [0, 0.1) is 0 Å². The lowest BCUT2D eigenvalue weighted by Gasteiger charge is -2.35. The van der Waals surface area contributed by atoms with Crippen molar-refractivity contribution in [3.63, 3.8) is 0 Å². The lowest BCUT2D eigenvalue weighted by Crippen LogP contribution is -2.53. The minimum Gasteiger partial charge on any atom is -0.481 e. The zero-order valence-electron chi connectivity index (χ0n) is 13.5. The number of hydrogen-bond acceptors (Lipinski definition) is 6. The fraction of sp³-hybridized carbons (Fsp3) is 0.600. The van der Waals surface area contributed by atoms with E-state index in [0.29, 0.717) is 25.9 Å². The van der Waals surface area contributed by atoms with E-state index >= 15 is 0 Å². The van der Waals surface area contributed by atoms with Gasteiger partial charge in [-0.3, -0.25) is 9.59 Å². The fourth-order valence-electron chi connectivity index (χ4n) is 3.25. The van der Waals surface area contributed by atoms with Gasteiger partial charge in [-0.05, 0) is 24.3 Å². The average molecular weight is 388 g/mol. The molecule has 8 nitrogen and oxygen atoms in total. The highest BCUT2D eigenvalue weighted by molar-refractivity contribution is 7.91. The van der Waals surface area contributed by atoms with E-state index in [-0.39, 0.29) is 29.7 Å². The van der Waals surface area contributed by atoms with Crippen LogP contribution < -0.4 is 0 Å². The summed E-state index contributed by atoms with van der Waals surface area (Å²) in [6.45, 7) is 1.10. The van der Waals surface area contributed by atoms with Crippen molar-refractivity contribution in [2.75, 3.05) is 26.2 Å². The highest BCUT2D eigenvalue weighted by Gasteiger charge is 2.42. The minimum absolute atomic E-state index is 0.175. The van der Waals surface area contributed by atoms with Gasteiger partial charge in [0.2, 0.25) is 5.91 Å². The number of ether oxygens (including phenoxy) is 1. The Kier molecular flexibility index (Phi) is 5.42. The smallest absolute Gasteiger partial charge is 0.306 e. The van der Waals surface area contributed by atoms with Crippen LogP contribution in [0.1, 0.15) is 19.3 Å². The Bertz CT molecular complexity index is 733. The molecule has 3 heterocycles. The number of nitrogens with zero attached hydrogens (tertiary/aromatic N) is 2. The van der Waals surface area contributed by atoms with Crippen molar-refractivity contribution >= 4 is 33.2 Å². The summed E-state index contributed by atoms with van der Waals surface area (Å²) in [7, 11) is -3.68. The van der Waals surface area contributed by atoms with Gasteiger partial charge in [-0.25, -0.2) is 8.42 Å². The van der Waals surface area contributed by atoms with Crippen LogP contribution in [-0.4, -0.2) is 73.0 Å². The van der Waals surface area contributed by atoms with E-state index in [0.717, 1.165) is 11.3 Å². The summed E-state index contributed by atoms with van der Waals surface area (Å²) in [4.78, 5) is 25.3. The molecule has 1 amide bonds. The Morgan fingerprint density at radius 2 is 2.16 bits per heavy atom. The molecule has 1 N–H and O–H groups in total. The number of amides is 1. The standard InChI is InChI=1S/C15H20N2O6S2/c18-13(19)9-11-10-16(6-7-23-11)15(20)12-3-1-5-17(12)25(21,22)14-4-2-8-24-14/h2,4,8,11-12H,1,3,5-7,9-10H2,(H,18,19). The quantitative estimate of drug-likeness (QED) is 0.792. The first-order chi connectivity index (χ1) is 11.9. The highest BCUT2D eigenvalue weighted by Crippen LogP contribution is 2.29. The monoisotopic (exact) mass is 388 g/mol. The molecule has 0 aromatic carbocycles. The molecule has 0 radical (unpaired) electrons. The maximum Gasteiger partial charge on any atom is 0.306 e. The molecule has 3 rings (SSSR count). The van der Waals surface area contributed by atoms with Gasteiger partial charge in [-0.15, -0.1) is 11.3 Å². The van der Waals surface area contributed by atoms with Crippen LogP contribution in [0.25, 0.3) is 0 Å². The summed E-state index contributed by atoms with van der Waals surface area (Å²) in [5, 5.41) is 10.6. The largest absolute Gasteiger partial charge is 0.481 e. The van der Waals surface area contributed by atoms with Crippen LogP contribution in [-0.2, 0) is 24.3 Å². The predicted molar refractivity (Wildman–Crippen MR) is 89.8 cm³/mol. The maximum atomic E-state index is 12.9. The summed E-state index contributed by atoms with van der Waals surface area (Å²) >= 11 is 1.13. The van der Waals surface area contributed by atoms with E-state index in [1.54, 1.807) is 11.4 Å². The van der Waals surface area contributed by atoms with E-state index < -0.39 is 28.1 Å². The van der Waals surface area contributed by atoms with Gasteiger partial charge in [0.1, 0.15) is 10.3 Å². The van der Waals surface area contributed by atoms with Crippen LogP contribution in [0.5, 0.6) is 0 Å². The number of carbonyl (C=O) groups excluding carboxylic acids is 1. The molecule has 138 valence electrons. The van der Waals surface area contributed by atoms with Crippen LogP contribution >= 0.6 is 11.3 Å². The normalized spacial score (nSPS) is 25.2. The molecular weight excluding hydrogens is 368 g/mol. The van der Waals surface area contributed by atoms with Gasteiger partial charge < -0.3 is 14.7 Å². The second-order valence-corrected chi connectivity index (χ2v) is 9.15. The Labute approximate surface area is 150 Å². The molecule has 2 aliphatic heterocycles. The van der Waals surface area contributed by atoms with E-state index in [4.69, 9.17) is 9.84 Å². The SMILES string of the molecule is O=C(O)CC1CN(C(=O)C2CCCN2S(=O)(=O)c2cccs2)CCO1. The topological polar surface area (TPSA) is 104 Å². The van der Waals surface area contributed by atoms with Gasteiger partial charge in [0.15, 0.2) is 0 Å². The van der Waals surface area contributed by atoms with Crippen molar-refractivity contribution in [3.8, 4) is 0 Å². The summed E-state index contributed by atoms with van der Waals surface area (Å²) in [6, 6.07) is 2.48. The van der Waals surface area contributed by atoms with E-state index in [2.05, 4.69) is 0 Å². The Balaban J connectivity index is 1.74. The molecule has 10 heteroatoms. The van der Waals surface area contributed by atoms with Crippen molar-refractivity contribution in [3.05, 3.63) is 17.5 Å². The first-order valence-corrected chi connectivity index (χ1v) is 10.4. The summed E-state index contributed by atoms with van der Waals surface area (Å²) in [5.74, 6) is -1.25. The molecule has 2 unspecified atom stereocenters. The second-order valence-electron chi connectivity index (χ2n) is 6.08. The third kappa shape index (κ3) is 3.86. The maximum absolute atomic E-state index is 12.9. The fourth-order valence-corrected chi connectivity index (χ4v) is 6.02. The number of thiophene rings is 1. The van der Waals surface area contributed by atoms with Crippen molar-refractivity contribution in [2.45, 2.75) is 35.6 Å². The number of morpholine rings is 1. The molecule has 25 heavy (non-hydrogen) atoms. The molecule has 0 saturated carbocycles. The lowest BCUT2D eigenvalue weighted by atomic mass is 10.1. The van der Waals surface area contributed by atoms with Crippen molar-refractivity contribution in [1.29, 1.82) is 0 Å². The zero-order chi connectivity index (χ0) is 18.0. The number of carbonyl (C=O) groups is 2. The van der Waals surface area contributed by atoms with E-state index in [9.17, 15) is 18.0 Å². The van der Waals surface area contributed by atoms with Gasteiger partial charge in [0, 0.05) is 19.6 Å². The van der Waals surface area contributed by atoms with Gasteiger partial charge in [0.25, 0.3) is 10.0 Å². The minimum atomic E-state index is -3.68. The van der Waals surface area contributed by atoms with Crippen molar-refractivity contribution in [1.82, 2.24) is 9.21 Å². The number of rotatable bonds is 5. The zero-order valence-corrected chi connectivity index (χ0v) is 15.2. The van der Waals surface area contributed by atoms with Gasteiger partial charge in [-0.2, -0.15) is 4.31 Å². The predicted octanol–water partition coefficient (Wildman–Crippen LogP) is 0.603. The van der Waals surface area contributed by atoms with Crippen molar-refractivity contribution in [2.24, 2.45) is 0 Å². The molecule has 1 aromatic heterocycles. The molecule has 2 atom stereocenters. The number of carboxylic acid groups (broad SMARTS) is 1. The van der Waals surface area contributed by atoms with Gasteiger partial charge in [0.05, 0.1) is 19.1 Å². The van der Waals surface area contributed by atoms with Gasteiger partial charge >= 0.3 is 5.97 Å². The van der Waals surface area contributed by atoms with E-state index in [1.807, 2.05) is 0 Å². The van der Waals surface area contributed by atoms with Crippen LogP contribution in [0.4, 0.5) is 0 Å². The Hall–Kier alpha value is -1.49. The van der Waals surface area contributed by atoms with Crippen molar-refractivity contribution < 1.29 is 27.9 Å². The summed E-state index contributed by atoms with van der Waals surface area (Å²) < 4.78 is 32.4. The first kappa shape index (κ1) is 18.3. The van der Waals surface area contributed by atoms with E-state index in [1.165, 1.54) is 15.3 Å².